The van der Waals surface area contributed by atoms with Gasteiger partial charge in [0.05, 0.1) is 6.10 Å². The summed E-state index contributed by atoms with van der Waals surface area (Å²) in [6, 6.07) is 9.20. The average molecular weight is 332 g/mol. The van der Waals surface area contributed by atoms with Gasteiger partial charge >= 0.3 is 0 Å². The van der Waals surface area contributed by atoms with Gasteiger partial charge in [0, 0.05) is 45.0 Å². The SMILES string of the molecule is CN=C(NCCCOC(C)C)NC1CCN(c2ccc(C)cc2)C1. The molecule has 1 aromatic carbocycles. The van der Waals surface area contributed by atoms with Crippen molar-refractivity contribution in [3.05, 3.63) is 29.8 Å². The van der Waals surface area contributed by atoms with Gasteiger partial charge in [0.1, 0.15) is 0 Å². The van der Waals surface area contributed by atoms with Crippen molar-refractivity contribution in [1.82, 2.24) is 10.6 Å². The highest BCUT2D eigenvalue weighted by atomic mass is 16.5. The van der Waals surface area contributed by atoms with Gasteiger partial charge in [-0.2, -0.15) is 0 Å². The summed E-state index contributed by atoms with van der Waals surface area (Å²) < 4.78 is 5.56. The number of anilines is 1. The third-order valence-electron chi connectivity index (χ3n) is 4.22. The molecule has 0 spiro atoms. The molecule has 1 aliphatic heterocycles. The van der Waals surface area contributed by atoms with E-state index in [4.69, 9.17) is 4.74 Å². The van der Waals surface area contributed by atoms with Crippen molar-refractivity contribution in [2.75, 3.05) is 38.2 Å². The van der Waals surface area contributed by atoms with E-state index in [1.54, 1.807) is 0 Å². The lowest BCUT2D eigenvalue weighted by Gasteiger charge is -2.20. The minimum Gasteiger partial charge on any atom is -0.379 e. The van der Waals surface area contributed by atoms with E-state index >= 15 is 0 Å². The molecular formula is C19H32N4O. The Hall–Kier alpha value is -1.75. The maximum Gasteiger partial charge on any atom is 0.191 e. The van der Waals surface area contributed by atoms with Crippen molar-refractivity contribution >= 4 is 11.6 Å². The fraction of sp³-hybridized carbons (Fsp3) is 0.632. The van der Waals surface area contributed by atoms with Gasteiger partial charge in [-0.05, 0) is 45.7 Å². The third kappa shape index (κ3) is 6.04. The lowest BCUT2D eigenvalue weighted by molar-refractivity contribution is 0.0776. The third-order valence-corrected chi connectivity index (χ3v) is 4.22. The monoisotopic (exact) mass is 332 g/mol. The number of ether oxygens (including phenoxy) is 1. The second-order valence-electron chi connectivity index (χ2n) is 6.68. The Bertz CT molecular complexity index is 513. The molecule has 0 saturated carbocycles. The maximum atomic E-state index is 5.56. The zero-order valence-electron chi connectivity index (χ0n) is 15.5. The summed E-state index contributed by atoms with van der Waals surface area (Å²) in [6.07, 6.45) is 2.41. The summed E-state index contributed by atoms with van der Waals surface area (Å²) >= 11 is 0. The Morgan fingerprint density at radius 1 is 1.33 bits per heavy atom. The van der Waals surface area contributed by atoms with Crippen LogP contribution in [0.1, 0.15) is 32.3 Å². The molecule has 134 valence electrons. The number of rotatable bonds is 7. The molecule has 1 unspecified atom stereocenters. The molecule has 0 aromatic heterocycles. The summed E-state index contributed by atoms with van der Waals surface area (Å²) in [5.74, 6) is 0.885. The summed E-state index contributed by atoms with van der Waals surface area (Å²) in [5.41, 5.74) is 2.61. The zero-order valence-corrected chi connectivity index (χ0v) is 15.5. The van der Waals surface area contributed by atoms with Gasteiger partial charge in [-0.1, -0.05) is 17.7 Å². The smallest absolute Gasteiger partial charge is 0.191 e. The molecule has 1 aliphatic rings. The summed E-state index contributed by atoms with van der Waals surface area (Å²) in [6.45, 7) is 10.0. The first kappa shape index (κ1) is 18.6. The second-order valence-corrected chi connectivity index (χ2v) is 6.68. The van der Waals surface area contributed by atoms with E-state index in [1.165, 1.54) is 11.3 Å². The number of hydrogen-bond donors (Lipinski definition) is 2. The van der Waals surface area contributed by atoms with E-state index in [-0.39, 0.29) is 0 Å². The second kappa shape index (κ2) is 9.52. The van der Waals surface area contributed by atoms with Crippen LogP contribution >= 0.6 is 0 Å². The fourth-order valence-electron chi connectivity index (χ4n) is 2.85. The highest BCUT2D eigenvalue weighted by molar-refractivity contribution is 5.80. The maximum absolute atomic E-state index is 5.56. The molecule has 0 aliphatic carbocycles. The van der Waals surface area contributed by atoms with Gasteiger partial charge in [-0.15, -0.1) is 0 Å². The molecule has 5 heteroatoms. The van der Waals surface area contributed by atoms with E-state index in [9.17, 15) is 0 Å². The van der Waals surface area contributed by atoms with Gasteiger partial charge in [-0.25, -0.2) is 0 Å². The molecule has 0 bridgehead atoms. The van der Waals surface area contributed by atoms with E-state index in [2.05, 4.69) is 65.6 Å². The Morgan fingerprint density at radius 3 is 2.75 bits per heavy atom. The van der Waals surface area contributed by atoms with Crippen molar-refractivity contribution in [3.63, 3.8) is 0 Å². The molecule has 0 radical (unpaired) electrons. The van der Waals surface area contributed by atoms with Crippen molar-refractivity contribution in [1.29, 1.82) is 0 Å². The summed E-state index contributed by atoms with van der Waals surface area (Å²) in [5, 5.41) is 6.91. The highest BCUT2D eigenvalue weighted by Gasteiger charge is 2.23. The quantitative estimate of drug-likeness (QED) is 0.458. The summed E-state index contributed by atoms with van der Waals surface area (Å²) in [4.78, 5) is 6.76. The van der Waals surface area contributed by atoms with Gasteiger partial charge < -0.3 is 20.3 Å². The highest BCUT2D eigenvalue weighted by Crippen LogP contribution is 2.20. The van der Waals surface area contributed by atoms with E-state index in [1.807, 2.05) is 7.05 Å². The predicted octanol–water partition coefficient (Wildman–Crippen LogP) is 2.55. The number of guanidine groups is 1. The van der Waals surface area contributed by atoms with Crippen LogP contribution in [-0.2, 0) is 4.74 Å². The van der Waals surface area contributed by atoms with Crippen molar-refractivity contribution in [3.8, 4) is 0 Å². The molecule has 0 amide bonds. The number of nitrogens with one attached hydrogen (secondary N) is 2. The average Bonchev–Trinajstić information content (AvgIpc) is 3.02. The Balaban J connectivity index is 1.71. The number of aliphatic imine (C=N–C) groups is 1. The van der Waals surface area contributed by atoms with Gasteiger partial charge in [0.2, 0.25) is 0 Å². The van der Waals surface area contributed by atoms with Crippen molar-refractivity contribution < 1.29 is 4.74 Å². The molecular weight excluding hydrogens is 300 g/mol. The van der Waals surface area contributed by atoms with Crippen LogP contribution in [0.2, 0.25) is 0 Å². The van der Waals surface area contributed by atoms with Crippen LogP contribution in [0.25, 0.3) is 0 Å². The van der Waals surface area contributed by atoms with Gasteiger partial charge in [0.15, 0.2) is 5.96 Å². The summed E-state index contributed by atoms with van der Waals surface area (Å²) in [7, 11) is 1.83. The Kier molecular flexibility index (Phi) is 7.37. The van der Waals surface area contributed by atoms with Crippen LogP contribution in [0.3, 0.4) is 0 Å². The van der Waals surface area contributed by atoms with E-state index in [0.29, 0.717) is 12.1 Å². The number of nitrogens with zero attached hydrogens (tertiary/aromatic N) is 2. The first-order valence-corrected chi connectivity index (χ1v) is 8.99. The van der Waals surface area contributed by atoms with E-state index < -0.39 is 0 Å². The molecule has 2 rings (SSSR count). The molecule has 1 aromatic rings. The first-order chi connectivity index (χ1) is 11.6. The lowest BCUT2D eigenvalue weighted by Crippen LogP contribution is -2.45. The fourth-order valence-corrected chi connectivity index (χ4v) is 2.85. The number of aryl methyl sites for hydroxylation is 1. The van der Waals surface area contributed by atoms with Crippen LogP contribution in [0, 0.1) is 6.92 Å². The predicted molar refractivity (Wildman–Crippen MR) is 102 cm³/mol. The van der Waals surface area contributed by atoms with Crippen LogP contribution in [0.5, 0.6) is 0 Å². The largest absolute Gasteiger partial charge is 0.379 e. The van der Waals surface area contributed by atoms with Crippen LogP contribution < -0.4 is 15.5 Å². The van der Waals surface area contributed by atoms with Crippen molar-refractivity contribution in [2.24, 2.45) is 4.99 Å². The van der Waals surface area contributed by atoms with E-state index in [0.717, 1.165) is 45.0 Å². The first-order valence-electron chi connectivity index (χ1n) is 8.99. The molecule has 2 N–H and O–H groups in total. The Labute approximate surface area is 146 Å². The molecule has 1 heterocycles. The Morgan fingerprint density at radius 2 is 2.08 bits per heavy atom. The van der Waals surface area contributed by atoms with Crippen LogP contribution in [0.15, 0.2) is 29.3 Å². The van der Waals surface area contributed by atoms with Crippen molar-refractivity contribution in [2.45, 2.75) is 45.8 Å². The minimum absolute atomic E-state index is 0.300. The topological polar surface area (TPSA) is 48.9 Å². The lowest BCUT2D eigenvalue weighted by atomic mass is 10.2. The van der Waals surface area contributed by atoms with Gasteiger partial charge in [-0.3, -0.25) is 4.99 Å². The normalized spacial score (nSPS) is 18.3. The van der Waals surface area contributed by atoms with Gasteiger partial charge in [0.25, 0.3) is 0 Å². The number of hydrogen-bond acceptors (Lipinski definition) is 3. The zero-order chi connectivity index (χ0) is 17.4. The molecule has 24 heavy (non-hydrogen) atoms. The standard InChI is InChI=1S/C19H32N4O/c1-15(2)24-13-5-11-21-19(20-4)22-17-10-12-23(14-17)18-8-6-16(3)7-9-18/h6-9,15,17H,5,10-14H2,1-4H3,(H2,20,21,22). The molecule has 1 fully saturated rings. The molecule has 1 saturated heterocycles. The number of benzene rings is 1. The van der Waals surface area contributed by atoms with Crippen LogP contribution in [0.4, 0.5) is 5.69 Å². The molecule has 5 nitrogen and oxygen atoms in total. The molecule has 1 atom stereocenters. The van der Waals surface area contributed by atoms with Crippen LogP contribution in [-0.4, -0.2) is 51.4 Å². The minimum atomic E-state index is 0.300.